The minimum Gasteiger partial charge on any atom is -0.399 e. The molecular formula is C10H8BrFN2O2S2. The van der Waals surface area contributed by atoms with E-state index in [0.717, 1.165) is 6.07 Å². The van der Waals surface area contributed by atoms with Gasteiger partial charge in [-0.2, -0.15) is 11.3 Å². The molecule has 0 saturated heterocycles. The van der Waals surface area contributed by atoms with Crippen molar-refractivity contribution < 1.29 is 12.8 Å². The van der Waals surface area contributed by atoms with Gasteiger partial charge in [0.2, 0.25) is 0 Å². The average molecular weight is 351 g/mol. The lowest BCUT2D eigenvalue weighted by molar-refractivity contribution is 0.567. The van der Waals surface area contributed by atoms with Gasteiger partial charge in [-0.1, -0.05) is 0 Å². The lowest BCUT2D eigenvalue weighted by Gasteiger charge is -2.09. The van der Waals surface area contributed by atoms with Crippen molar-refractivity contribution in [3.63, 3.8) is 0 Å². The van der Waals surface area contributed by atoms with Crippen LogP contribution in [-0.4, -0.2) is 8.42 Å². The van der Waals surface area contributed by atoms with Crippen molar-refractivity contribution in [3.8, 4) is 0 Å². The summed E-state index contributed by atoms with van der Waals surface area (Å²) in [4.78, 5) is -0.486. The quantitative estimate of drug-likeness (QED) is 0.835. The topological polar surface area (TPSA) is 72.2 Å². The lowest BCUT2D eigenvalue weighted by atomic mass is 10.3. The molecule has 0 saturated carbocycles. The standard InChI is InChI=1S/C10H8BrFN2O2S2/c11-8-3-6(13)4-9(10(8)12)18(15,16)14-7-1-2-17-5-7/h1-5,14H,13H2. The molecule has 0 bridgehead atoms. The molecule has 96 valence electrons. The van der Waals surface area contributed by atoms with Crippen LogP contribution in [0.5, 0.6) is 0 Å². The lowest BCUT2D eigenvalue weighted by Crippen LogP contribution is -2.14. The van der Waals surface area contributed by atoms with Gasteiger partial charge in [0.15, 0.2) is 5.82 Å². The number of rotatable bonds is 3. The van der Waals surface area contributed by atoms with Gasteiger partial charge in [0, 0.05) is 11.1 Å². The second-order valence-corrected chi connectivity index (χ2v) is 6.72. The normalized spacial score (nSPS) is 11.4. The van der Waals surface area contributed by atoms with E-state index in [1.807, 2.05) is 0 Å². The first-order valence-corrected chi connectivity index (χ1v) is 7.91. The van der Waals surface area contributed by atoms with Crippen LogP contribution in [0.3, 0.4) is 0 Å². The number of sulfonamides is 1. The van der Waals surface area contributed by atoms with Gasteiger partial charge in [-0.05, 0) is 39.5 Å². The Labute approximate surface area is 116 Å². The van der Waals surface area contributed by atoms with Gasteiger partial charge in [-0.25, -0.2) is 12.8 Å². The molecule has 0 aliphatic heterocycles. The first-order chi connectivity index (χ1) is 8.40. The molecule has 1 aromatic heterocycles. The number of anilines is 2. The fourth-order valence-electron chi connectivity index (χ4n) is 1.31. The highest BCUT2D eigenvalue weighted by molar-refractivity contribution is 9.10. The van der Waals surface area contributed by atoms with E-state index in [-0.39, 0.29) is 10.2 Å². The highest BCUT2D eigenvalue weighted by Crippen LogP contribution is 2.27. The van der Waals surface area contributed by atoms with E-state index in [1.165, 1.54) is 17.4 Å². The molecular weight excluding hydrogens is 343 g/mol. The zero-order valence-corrected chi connectivity index (χ0v) is 12.1. The molecule has 0 amide bonds. The summed E-state index contributed by atoms with van der Waals surface area (Å²) >= 11 is 4.25. The second-order valence-electron chi connectivity index (χ2n) is 3.43. The maximum atomic E-state index is 13.8. The van der Waals surface area contributed by atoms with Crippen LogP contribution in [0.4, 0.5) is 15.8 Å². The van der Waals surface area contributed by atoms with Gasteiger partial charge in [0.1, 0.15) is 4.90 Å². The number of benzene rings is 1. The molecule has 1 heterocycles. The minimum absolute atomic E-state index is 0.00759. The summed E-state index contributed by atoms with van der Waals surface area (Å²) in [7, 11) is -3.99. The summed E-state index contributed by atoms with van der Waals surface area (Å²) in [6.07, 6.45) is 0. The first kappa shape index (κ1) is 13.3. The second kappa shape index (κ2) is 4.87. The molecule has 0 unspecified atom stereocenters. The van der Waals surface area contributed by atoms with E-state index in [0.29, 0.717) is 5.69 Å². The Morgan fingerprint density at radius 1 is 1.39 bits per heavy atom. The zero-order valence-electron chi connectivity index (χ0n) is 8.85. The number of hydrogen-bond donors (Lipinski definition) is 2. The molecule has 18 heavy (non-hydrogen) atoms. The maximum absolute atomic E-state index is 13.8. The SMILES string of the molecule is Nc1cc(Br)c(F)c(S(=O)(=O)Nc2ccsc2)c1. The molecule has 2 rings (SSSR count). The van der Waals surface area contributed by atoms with E-state index in [1.54, 1.807) is 16.8 Å². The smallest absolute Gasteiger partial charge is 0.264 e. The Morgan fingerprint density at radius 2 is 2.11 bits per heavy atom. The molecule has 3 N–H and O–H groups in total. The highest BCUT2D eigenvalue weighted by atomic mass is 79.9. The number of nitrogens with two attached hydrogens (primary N) is 1. The molecule has 0 aliphatic rings. The molecule has 1 aromatic carbocycles. The number of hydrogen-bond acceptors (Lipinski definition) is 4. The van der Waals surface area contributed by atoms with Crippen molar-refractivity contribution in [3.05, 3.63) is 39.2 Å². The fourth-order valence-corrected chi connectivity index (χ4v) is 3.77. The van der Waals surface area contributed by atoms with Crippen LogP contribution in [0.2, 0.25) is 0 Å². The predicted molar refractivity (Wildman–Crippen MR) is 73.6 cm³/mol. The van der Waals surface area contributed by atoms with Gasteiger partial charge in [-0.15, -0.1) is 0 Å². The van der Waals surface area contributed by atoms with E-state index >= 15 is 0 Å². The van der Waals surface area contributed by atoms with Crippen molar-refractivity contribution in [2.75, 3.05) is 10.5 Å². The van der Waals surface area contributed by atoms with Gasteiger partial charge in [-0.3, -0.25) is 4.72 Å². The van der Waals surface area contributed by atoms with Crippen LogP contribution in [0.25, 0.3) is 0 Å². The first-order valence-electron chi connectivity index (χ1n) is 4.70. The molecule has 0 spiro atoms. The number of thiophene rings is 1. The Hall–Kier alpha value is -1.12. The van der Waals surface area contributed by atoms with E-state index in [4.69, 9.17) is 5.73 Å². The maximum Gasteiger partial charge on any atom is 0.264 e. The molecule has 0 radical (unpaired) electrons. The van der Waals surface area contributed by atoms with Crippen molar-refractivity contribution in [2.45, 2.75) is 4.90 Å². The third kappa shape index (κ3) is 2.65. The van der Waals surface area contributed by atoms with Crippen LogP contribution in [0.15, 0.2) is 38.3 Å². The largest absolute Gasteiger partial charge is 0.399 e. The predicted octanol–water partition coefficient (Wildman–Crippen LogP) is 3.03. The molecule has 2 aromatic rings. The Morgan fingerprint density at radius 3 is 2.72 bits per heavy atom. The summed E-state index contributed by atoms with van der Waals surface area (Å²) in [5, 5.41) is 3.32. The molecule has 0 atom stereocenters. The van der Waals surface area contributed by atoms with Crippen LogP contribution < -0.4 is 10.5 Å². The Balaban J connectivity index is 2.48. The van der Waals surface area contributed by atoms with Crippen LogP contribution in [0.1, 0.15) is 0 Å². The molecule has 8 heteroatoms. The Kier molecular flexibility index (Phi) is 3.60. The summed E-state index contributed by atoms with van der Waals surface area (Å²) in [6.45, 7) is 0. The van der Waals surface area contributed by atoms with Crippen LogP contribution in [-0.2, 0) is 10.0 Å². The number of nitrogen functional groups attached to an aromatic ring is 1. The Bertz CT molecular complexity index is 671. The molecule has 0 aliphatic carbocycles. The van der Waals surface area contributed by atoms with Crippen molar-refractivity contribution in [2.24, 2.45) is 0 Å². The highest BCUT2D eigenvalue weighted by Gasteiger charge is 2.22. The van der Waals surface area contributed by atoms with E-state index < -0.39 is 20.7 Å². The van der Waals surface area contributed by atoms with Gasteiger partial charge >= 0.3 is 0 Å². The number of nitrogens with one attached hydrogen (secondary N) is 1. The monoisotopic (exact) mass is 350 g/mol. The van der Waals surface area contributed by atoms with Crippen molar-refractivity contribution in [1.29, 1.82) is 0 Å². The third-order valence-electron chi connectivity index (χ3n) is 2.08. The fraction of sp³-hybridized carbons (Fsp3) is 0. The summed E-state index contributed by atoms with van der Waals surface area (Å²) in [5.41, 5.74) is 6.06. The van der Waals surface area contributed by atoms with Gasteiger partial charge in [0.05, 0.1) is 10.2 Å². The molecule has 4 nitrogen and oxygen atoms in total. The third-order valence-corrected chi connectivity index (χ3v) is 4.72. The minimum atomic E-state index is -3.99. The van der Waals surface area contributed by atoms with Crippen LogP contribution >= 0.6 is 27.3 Å². The van der Waals surface area contributed by atoms with E-state index in [2.05, 4.69) is 20.7 Å². The van der Waals surface area contributed by atoms with Crippen molar-refractivity contribution >= 4 is 48.7 Å². The van der Waals surface area contributed by atoms with Crippen LogP contribution in [0, 0.1) is 5.82 Å². The summed E-state index contributed by atoms with van der Waals surface area (Å²) in [6, 6.07) is 3.97. The van der Waals surface area contributed by atoms with Gasteiger partial charge in [0.25, 0.3) is 10.0 Å². The summed E-state index contributed by atoms with van der Waals surface area (Å²) in [5.74, 6) is -0.869. The molecule has 0 fully saturated rings. The summed E-state index contributed by atoms with van der Waals surface area (Å²) < 4.78 is 40.1. The van der Waals surface area contributed by atoms with Crippen molar-refractivity contribution in [1.82, 2.24) is 0 Å². The zero-order chi connectivity index (χ0) is 13.3. The van der Waals surface area contributed by atoms with Gasteiger partial charge < -0.3 is 5.73 Å². The van der Waals surface area contributed by atoms with E-state index in [9.17, 15) is 12.8 Å². The average Bonchev–Trinajstić information content (AvgIpc) is 2.75. The number of halogens is 2.